The first-order chi connectivity index (χ1) is 14.7. The predicted molar refractivity (Wildman–Crippen MR) is 129 cm³/mol. The molecule has 0 N–H and O–H groups in total. The molecule has 1 aromatic rings. The highest BCUT2D eigenvalue weighted by Gasteiger charge is 2.67. The van der Waals surface area contributed by atoms with Gasteiger partial charge in [0.15, 0.2) is 6.29 Å². The second kappa shape index (κ2) is 6.89. The number of carbonyl (C=O) groups excluding carboxylic acids is 1. The largest absolute Gasteiger partial charge is 0.345 e. The maximum Gasteiger partial charge on any atom is 0.184 e. The van der Waals surface area contributed by atoms with E-state index in [1.54, 1.807) is 0 Å². The minimum Gasteiger partial charge on any atom is -0.345 e. The molecule has 5 fully saturated rings. The average Bonchev–Trinajstić information content (AvgIpc) is 2.87. The van der Waals surface area contributed by atoms with Crippen molar-refractivity contribution < 1.29 is 14.3 Å². The first-order valence-electron chi connectivity index (χ1n) is 12.0. The lowest BCUT2D eigenvalue weighted by atomic mass is 9.56. The minimum atomic E-state index is -0.318. The molecule has 8 unspecified atom stereocenters. The molecular formula is C27H33IO3. The summed E-state index contributed by atoms with van der Waals surface area (Å²) < 4.78 is 13.7. The molecule has 1 aliphatic heterocycles. The van der Waals surface area contributed by atoms with Crippen LogP contribution < -0.4 is 0 Å². The summed E-state index contributed by atoms with van der Waals surface area (Å²) in [5.41, 5.74) is 3.47. The Hall–Kier alpha value is -0.720. The highest BCUT2D eigenvalue weighted by Crippen LogP contribution is 2.68. The van der Waals surface area contributed by atoms with Crippen molar-refractivity contribution in [3.05, 3.63) is 47.5 Å². The van der Waals surface area contributed by atoms with Gasteiger partial charge in [-0.05, 0) is 50.4 Å². The van der Waals surface area contributed by atoms with Gasteiger partial charge in [-0.15, -0.1) is 0 Å². The molecule has 1 heterocycles. The number of aryl methyl sites for hydroxylation is 1. The molecule has 0 spiro atoms. The second-order valence-electron chi connectivity index (χ2n) is 11.3. The highest BCUT2D eigenvalue weighted by atomic mass is 127. The number of hydrogen-bond donors (Lipinski definition) is 0. The fraction of sp³-hybridized carbons (Fsp3) is 0.667. The fourth-order valence-electron chi connectivity index (χ4n) is 8.04. The molecule has 5 aliphatic rings. The van der Waals surface area contributed by atoms with Crippen molar-refractivity contribution >= 4 is 28.4 Å². The first-order valence-corrected chi connectivity index (χ1v) is 13.1. The quantitative estimate of drug-likeness (QED) is 0.246. The van der Waals surface area contributed by atoms with Crippen LogP contribution in [0.1, 0.15) is 63.4 Å². The summed E-state index contributed by atoms with van der Waals surface area (Å²) in [6, 6.07) is 8.57. The van der Waals surface area contributed by atoms with Crippen molar-refractivity contribution in [1.82, 2.24) is 0 Å². The van der Waals surface area contributed by atoms with Gasteiger partial charge in [-0.1, -0.05) is 78.4 Å². The zero-order chi connectivity index (χ0) is 21.7. The lowest BCUT2D eigenvalue weighted by Crippen LogP contribution is -2.55. The molecular weight excluding hydrogens is 499 g/mol. The van der Waals surface area contributed by atoms with Crippen LogP contribution in [0, 0.1) is 41.9 Å². The van der Waals surface area contributed by atoms with Crippen LogP contribution in [0.3, 0.4) is 0 Å². The number of ketones is 1. The third kappa shape index (κ3) is 2.80. The molecule has 9 atom stereocenters. The number of ether oxygens (including phenoxy) is 2. The van der Waals surface area contributed by atoms with Crippen molar-refractivity contribution in [3.63, 3.8) is 0 Å². The van der Waals surface area contributed by atoms with E-state index in [0.717, 1.165) is 18.4 Å². The monoisotopic (exact) mass is 532 g/mol. The van der Waals surface area contributed by atoms with Gasteiger partial charge in [0, 0.05) is 32.7 Å². The number of hydrogen-bond acceptors (Lipinski definition) is 3. The van der Waals surface area contributed by atoms with E-state index in [2.05, 4.69) is 74.2 Å². The molecule has 1 saturated heterocycles. The number of halogens is 1. The van der Waals surface area contributed by atoms with Crippen LogP contribution in [0.25, 0.3) is 0 Å². The number of alkyl halides is 1. The van der Waals surface area contributed by atoms with Crippen molar-refractivity contribution in [1.29, 1.82) is 0 Å². The van der Waals surface area contributed by atoms with Gasteiger partial charge >= 0.3 is 0 Å². The molecule has 6 rings (SSSR count). The number of carbonyl (C=O) groups is 1. The molecule has 0 aromatic heterocycles. The van der Waals surface area contributed by atoms with E-state index in [1.807, 2.05) is 0 Å². The van der Waals surface area contributed by atoms with Crippen LogP contribution >= 0.6 is 22.6 Å². The summed E-state index contributed by atoms with van der Waals surface area (Å²) in [5.74, 6) is 2.67. The summed E-state index contributed by atoms with van der Waals surface area (Å²) in [5, 5.41) is 0. The summed E-state index contributed by atoms with van der Waals surface area (Å²) >= 11 is 2.78. The Morgan fingerprint density at radius 1 is 1.13 bits per heavy atom. The van der Waals surface area contributed by atoms with Gasteiger partial charge < -0.3 is 9.47 Å². The third-order valence-electron chi connectivity index (χ3n) is 9.66. The van der Waals surface area contributed by atoms with E-state index < -0.39 is 0 Å². The molecule has 31 heavy (non-hydrogen) atoms. The Labute approximate surface area is 199 Å². The Morgan fingerprint density at radius 2 is 1.87 bits per heavy atom. The maximum absolute atomic E-state index is 13.0. The van der Waals surface area contributed by atoms with Crippen LogP contribution in [0.15, 0.2) is 36.4 Å². The van der Waals surface area contributed by atoms with E-state index in [-0.39, 0.29) is 27.3 Å². The van der Waals surface area contributed by atoms with Crippen LogP contribution in [-0.2, 0) is 14.3 Å². The Morgan fingerprint density at radius 3 is 2.61 bits per heavy atom. The topological polar surface area (TPSA) is 35.5 Å². The number of rotatable bonds is 1. The van der Waals surface area contributed by atoms with Crippen LogP contribution in [0.4, 0.5) is 0 Å². The van der Waals surface area contributed by atoms with E-state index in [9.17, 15) is 4.79 Å². The van der Waals surface area contributed by atoms with E-state index in [1.165, 1.54) is 24.0 Å². The van der Waals surface area contributed by atoms with Gasteiger partial charge in [0.25, 0.3) is 0 Å². The molecule has 0 amide bonds. The van der Waals surface area contributed by atoms with Crippen LogP contribution in [-0.4, -0.2) is 21.4 Å². The highest BCUT2D eigenvalue weighted by molar-refractivity contribution is 14.1. The summed E-state index contributed by atoms with van der Waals surface area (Å²) in [6.45, 7) is 11.2. The predicted octanol–water partition coefficient (Wildman–Crippen LogP) is 6.19. The zero-order valence-corrected chi connectivity index (χ0v) is 20.9. The van der Waals surface area contributed by atoms with Gasteiger partial charge in [-0.3, -0.25) is 4.79 Å². The number of Topliss-reactive ketones (excluding diaryl/α,β-unsaturated/α-hetero) is 1. The van der Waals surface area contributed by atoms with Crippen molar-refractivity contribution in [2.75, 3.05) is 0 Å². The van der Waals surface area contributed by atoms with E-state index in [0.29, 0.717) is 41.8 Å². The maximum atomic E-state index is 13.0. The molecule has 4 saturated carbocycles. The molecule has 3 nitrogen and oxygen atoms in total. The average molecular weight is 532 g/mol. The van der Waals surface area contributed by atoms with Crippen LogP contribution in [0.5, 0.6) is 0 Å². The van der Waals surface area contributed by atoms with Crippen molar-refractivity contribution in [3.8, 4) is 0 Å². The summed E-state index contributed by atoms with van der Waals surface area (Å²) in [4.78, 5) is 13.0. The third-order valence-corrected chi connectivity index (χ3v) is 11.8. The molecule has 4 aliphatic carbocycles. The smallest absolute Gasteiger partial charge is 0.184 e. The Balaban J connectivity index is 1.45. The molecule has 1 aromatic carbocycles. The standard InChI is InChI=1S/C27H33IO3/c1-14-5-7-16(8-6-14)25-30-19-13-20-26(3,4)21(29)11-12-27(20,28)18-10-9-17-15(2)22(18)23(19)24(17)31-25/h5-8,17-20,22-25H,2,9-13H2,1,3-4H3/t17?,18-,19?,20?,22?,23?,24?,25?,27?/m0/s1. The van der Waals surface area contributed by atoms with E-state index >= 15 is 0 Å². The van der Waals surface area contributed by atoms with Gasteiger partial charge in [0.2, 0.25) is 0 Å². The lowest BCUT2D eigenvalue weighted by molar-refractivity contribution is -0.279. The Bertz CT molecular complexity index is 936. The number of fused-ring (bicyclic) bond motifs is 4. The van der Waals surface area contributed by atoms with Gasteiger partial charge in [-0.2, -0.15) is 0 Å². The first kappa shape index (κ1) is 20.9. The summed E-state index contributed by atoms with van der Waals surface area (Å²) in [6.07, 6.45) is 5.09. The van der Waals surface area contributed by atoms with E-state index in [4.69, 9.17) is 9.47 Å². The fourth-order valence-corrected chi connectivity index (χ4v) is 10.0. The SMILES string of the molecule is C=C1C2CC[C@H]3C1C1C(CC4C(C)(C)C(=O)CCC43I)OC(c3ccc(C)cc3)OC21. The summed E-state index contributed by atoms with van der Waals surface area (Å²) in [7, 11) is 0. The minimum absolute atomic E-state index is 0.129. The zero-order valence-electron chi connectivity index (χ0n) is 18.8. The van der Waals surface area contributed by atoms with Gasteiger partial charge in [-0.25, -0.2) is 0 Å². The van der Waals surface area contributed by atoms with Crippen LogP contribution in [0.2, 0.25) is 0 Å². The molecule has 4 heteroatoms. The van der Waals surface area contributed by atoms with Gasteiger partial charge in [0.05, 0.1) is 12.2 Å². The molecule has 0 radical (unpaired) electrons. The second-order valence-corrected chi connectivity index (χ2v) is 13.4. The number of benzene rings is 1. The normalized spacial score (nSPS) is 47.6. The van der Waals surface area contributed by atoms with Gasteiger partial charge in [0.1, 0.15) is 5.78 Å². The van der Waals surface area contributed by atoms with Crippen molar-refractivity contribution in [2.24, 2.45) is 35.0 Å². The molecule has 2 bridgehead atoms. The molecule has 166 valence electrons. The lowest BCUT2D eigenvalue weighted by Gasteiger charge is -2.54. The Kier molecular flexibility index (Phi) is 4.64. The van der Waals surface area contributed by atoms with Crippen molar-refractivity contribution in [2.45, 2.75) is 74.8 Å².